The topological polar surface area (TPSA) is 101 Å². The zero-order valence-corrected chi connectivity index (χ0v) is 18.2. The van der Waals surface area contributed by atoms with Crippen LogP contribution in [0.25, 0.3) is 15.8 Å². The highest BCUT2D eigenvalue weighted by Crippen LogP contribution is 2.38. The number of aromatic amines is 1. The quantitative estimate of drug-likeness (QED) is 0.344. The van der Waals surface area contributed by atoms with Gasteiger partial charge in [0.2, 0.25) is 0 Å². The Kier molecular flexibility index (Phi) is 4.84. The molecule has 5 rings (SSSR count). The summed E-state index contributed by atoms with van der Waals surface area (Å²) in [7, 11) is 0. The Bertz CT molecular complexity index is 1250. The normalized spacial score (nSPS) is 16.6. The molecular formula is C21H17BrN6OS. The minimum atomic E-state index is -0.382. The molecule has 9 heteroatoms. The molecule has 1 aromatic carbocycles. The molecule has 0 spiro atoms. The number of nitrogens with two attached hydrogens (primary N) is 1. The molecule has 4 aromatic rings. The van der Waals surface area contributed by atoms with Crippen molar-refractivity contribution in [2.24, 2.45) is 5.73 Å². The number of halogens is 1. The van der Waals surface area contributed by atoms with E-state index in [2.05, 4.69) is 30.9 Å². The van der Waals surface area contributed by atoms with Crippen LogP contribution in [-0.4, -0.2) is 37.3 Å². The Hall–Kier alpha value is -3.04. The van der Waals surface area contributed by atoms with E-state index in [9.17, 15) is 4.79 Å². The average molecular weight is 481 g/mol. The maximum atomic E-state index is 13.6. The molecule has 0 aliphatic carbocycles. The number of rotatable bonds is 3. The van der Waals surface area contributed by atoms with Gasteiger partial charge >= 0.3 is 0 Å². The number of H-pyrrole nitrogens is 1. The lowest BCUT2D eigenvalue weighted by Gasteiger charge is -2.34. The summed E-state index contributed by atoms with van der Waals surface area (Å²) in [6.45, 7) is 0.528. The largest absolute Gasteiger partial charge is 0.404 e. The Morgan fingerprint density at radius 1 is 1.23 bits per heavy atom. The first-order valence-corrected chi connectivity index (χ1v) is 11.0. The van der Waals surface area contributed by atoms with Gasteiger partial charge in [-0.15, -0.1) is 11.3 Å². The van der Waals surface area contributed by atoms with Gasteiger partial charge in [0, 0.05) is 24.9 Å². The molecule has 0 bridgehead atoms. The molecule has 0 unspecified atom stereocenters. The summed E-state index contributed by atoms with van der Waals surface area (Å²) in [5.41, 5.74) is 9.52. The van der Waals surface area contributed by atoms with Crippen molar-refractivity contribution in [3.8, 4) is 0 Å². The van der Waals surface area contributed by atoms with Crippen LogP contribution in [0.2, 0.25) is 0 Å². The number of carbonyl (C=O) groups is 1. The molecule has 1 aliphatic heterocycles. The second-order valence-electron chi connectivity index (χ2n) is 6.86. The highest BCUT2D eigenvalue weighted by molar-refractivity contribution is 9.10. The molecule has 0 fully saturated rings. The van der Waals surface area contributed by atoms with Gasteiger partial charge in [0.25, 0.3) is 5.91 Å². The van der Waals surface area contributed by atoms with Crippen molar-refractivity contribution in [3.05, 3.63) is 81.7 Å². The molecule has 3 N–H and O–H groups in total. The summed E-state index contributed by atoms with van der Waals surface area (Å²) in [6.07, 6.45) is 3.69. The number of amides is 1. The van der Waals surface area contributed by atoms with Crippen LogP contribution in [0.15, 0.2) is 59.6 Å². The van der Waals surface area contributed by atoms with Gasteiger partial charge < -0.3 is 15.6 Å². The lowest BCUT2D eigenvalue weighted by molar-refractivity contribution is -0.127. The Morgan fingerprint density at radius 3 is 2.90 bits per heavy atom. The van der Waals surface area contributed by atoms with Gasteiger partial charge in [-0.25, -0.2) is 15.0 Å². The van der Waals surface area contributed by atoms with E-state index in [1.807, 2.05) is 36.4 Å². The van der Waals surface area contributed by atoms with Crippen molar-refractivity contribution < 1.29 is 4.79 Å². The molecule has 1 amide bonds. The summed E-state index contributed by atoms with van der Waals surface area (Å²) in [6, 6.07) is 13.0. The van der Waals surface area contributed by atoms with Gasteiger partial charge in [-0.1, -0.05) is 18.2 Å². The van der Waals surface area contributed by atoms with Crippen molar-refractivity contribution >= 4 is 49.0 Å². The van der Waals surface area contributed by atoms with Gasteiger partial charge in [-0.2, -0.15) is 0 Å². The molecule has 0 saturated carbocycles. The summed E-state index contributed by atoms with van der Waals surface area (Å²) >= 11 is 4.94. The first kappa shape index (κ1) is 19.0. The van der Waals surface area contributed by atoms with Gasteiger partial charge in [-0.05, 0) is 40.2 Å². The third-order valence-corrected chi connectivity index (χ3v) is 6.65. The van der Waals surface area contributed by atoms with Crippen molar-refractivity contribution in [2.75, 3.05) is 6.54 Å². The predicted molar refractivity (Wildman–Crippen MR) is 120 cm³/mol. The number of imidazole rings is 1. The number of nitrogens with zero attached hydrogens (tertiary/aromatic N) is 4. The fourth-order valence-corrected chi connectivity index (χ4v) is 5.16. The number of benzene rings is 1. The number of hydrogen-bond acceptors (Lipinski definition) is 6. The minimum Gasteiger partial charge on any atom is -0.404 e. The SMILES string of the molecule is N/C=C(/C(=O)N1CCc2[nH]cnc2[C@H]1c1nc2ccccc2s1)c1cccc(Br)n1. The predicted octanol–water partition coefficient (Wildman–Crippen LogP) is 3.65. The first-order chi connectivity index (χ1) is 14.7. The van der Waals surface area contributed by atoms with Crippen molar-refractivity contribution in [3.63, 3.8) is 0 Å². The van der Waals surface area contributed by atoms with Crippen molar-refractivity contribution in [1.82, 2.24) is 24.8 Å². The van der Waals surface area contributed by atoms with Gasteiger partial charge in [0.1, 0.15) is 15.7 Å². The van der Waals surface area contributed by atoms with E-state index in [4.69, 9.17) is 10.7 Å². The maximum Gasteiger partial charge on any atom is 0.258 e. The van der Waals surface area contributed by atoms with Crippen LogP contribution in [-0.2, 0) is 11.2 Å². The lowest BCUT2D eigenvalue weighted by atomic mass is 10.0. The second-order valence-corrected chi connectivity index (χ2v) is 8.74. The van der Waals surface area contributed by atoms with Crippen LogP contribution in [0.1, 0.15) is 28.1 Å². The Balaban J connectivity index is 1.60. The third-order valence-electron chi connectivity index (χ3n) is 5.12. The average Bonchev–Trinajstić information content (AvgIpc) is 3.40. The Morgan fingerprint density at radius 2 is 2.10 bits per heavy atom. The fraction of sp³-hybridized carbons (Fsp3) is 0.143. The van der Waals surface area contributed by atoms with Crippen molar-refractivity contribution in [2.45, 2.75) is 12.5 Å². The van der Waals surface area contributed by atoms with E-state index in [1.54, 1.807) is 28.6 Å². The van der Waals surface area contributed by atoms with E-state index in [0.29, 0.717) is 28.8 Å². The highest BCUT2D eigenvalue weighted by Gasteiger charge is 2.37. The number of nitrogens with one attached hydrogen (secondary N) is 1. The number of para-hydroxylation sites is 1. The number of pyridine rings is 1. The molecule has 1 atom stereocenters. The van der Waals surface area contributed by atoms with E-state index >= 15 is 0 Å². The summed E-state index contributed by atoms with van der Waals surface area (Å²) in [5.74, 6) is -0.194. The first-order valence-electron chi connectivity index (χ1n) is 9.39. The molecule has 150 valence electrons. The molecule has 7 nitrogen and oxygen atoms in total. The zero-order chi connectivity index (χ0) is 20.7. The molecular weight excluding hydrogens is 464 g/mol. The summed E-state index contributed by atoms with van der Waals surface area (Å²) in [5, 5.41) is 0.830. The zero-order valence-electron chi connectivity index (χ0n) is 15.7. The fourth-order valence-electron chi connectivity index (χ4n) is 3.73. The number of thiazole rings is 1. The van der Waals surface area contributed by atoms with Crippen molar-refractivity contribution in [1.29, 1.82) is 0 Å². The summed E-state index contributed by atoms with van der Waals surface area (Å²) < 4.78 is 1.72. The van der Waals surface area contributed by atoms with E-state index in [0.717, 1.165) is 26.6 Å². The molecule has 0 radical (unpaired) electrons. The third kappa shape index (κ3) is 3.20. The van der Waals surface area contributed by atoms with Crippen LogP contribution in [0, 0.1) is 0 Å². The molecule has 4 heterocycles. The van der Waals surface area contributed by atoms with Gasteiger partial charge in [0.15, 0.2) is 0 Å². The summed E-state index contributed by atoms with van der Waals surface area (Å²) in [4.78, 5) is 32.4. The van der Waals surface area contributed by atoms with Crippen LogP contribution < -0.4 is 5.73 Å². The van der Waals surface area contributed by atoms with Crippen LogP contribution in [0.5, 0.6) is 0 Å². The molecule has 0 saturated heterocycles. The smallest absolute Gasteiger partial charge is 0.258 e. The number of aromatic nitrogens is 4. The molecule has 30 heavy (non-hydrogen) atoms. The van der Waals surface area contributed by atoms with Crippen LogP contribution in [0.4, 0.5) is 0 Å². The number of carbonyl (C=O) groups excluding carboxylic acids is 1. The number of fused-ring (bicyclic) bond motifs is 2. The van der Waals surface area contributed by atoms with E-state index in [1.165, 1.54) is 6.20 Å². The minimum absolute atomic E-state index is 0.194. The van der Waals surface area contributed by atoms with Crippen LogP contribution in [0.3, 0.4) is 0 Å². The highest BCUT2D eigenvalue weighted by atomic mass is 79.9. The van der Waals surface area contributed by atoms with E-state index in [-0.39, 0.29) is 11.9 Å². The molecule has 1 aliphatic rings. The maximum absolute atomic E-state index is 13.6. The standard InChI is InChI=1S/C21H17BrN6OS/c22-17-7-3-5-13(26-17)12(10-23)21(29)28-9-8-15-18(25-11-24-15)19(28)20-27-14-4-1-2-6-16(14)30-20/h1-7,10-11,19H,8-9,23H2,(H,24,25)/b12-10+/t19-/m0/s1. The lowest BCUT2D eigenvalue weighted by Crippen LogP contribution is -2.41. The van der Waals surface area contributed by atoms with Gasteiger partial charge in [0.05, 0.1) is 33.5 Å². The van der Waals surface area contributed by atoms with Crippen LogP contribution >= 0.6 is 27.3 Å². The monoisotopic (exact) mass is 480 g/mol. The molecule has 3 aromatic heterocycles. The van der Waals surface area contributed by atoms with E-state index < -0.39 is 0 Å². The number of hydrogen-bond donors (Lipinski definition) is 2. The van der Waals surface area contributed by atoms with Gasteiger partial charge in [-0.3, -0.25) is 4.79 Å². The second kappa shape index (κ2) is 7.66. The Labute approximate surface area is 184 Å².